The molecule has 0 aliphatic carbocycles. The van der Waals surface area contributed by atoms with Gasteiger partial charge in [-0.15, -0.1) is 0 Å². The third kappa shape index (κ3) is 3.71. The molecule has 1 unspecified atom stereocenters. The zero-order chi connectivity index (χ0) is 16.4. The molecular formula is C15H20F3NO3. The minimum atomic E-state index is -4.61. The number of benzene rings is 1. The second kappa shape index (κ2) is 6.44. The van der Waals surface area contributed by atoms with Gasteiger partial charge in [0.05, 0.1) is 13.2 Å². The molecule has 2 rings (SSSR count). The fourth-order valence-corrected chi connectivity index (χ4v) is 2.59. The number of rotatable bonds is 4. The SMILES string of the molecule is COc1cccc(C(O)CN2CCC(O)(C(F)(F)F)CC2)c1. The maximum Gasteiger partial charge on any atom is 0.417 e. The quantitative estimate of drug-likeness (QED) is 0.892. The molecule has 1 fully saturated rings. The van der Waals surface area contributed by atoms with Crippen molar-refractivity contribution in [3.8, 4) is 5.75 Å². The molecule has 4 nitrogen and oxygen atoms in total. The van der Waals surface area contributed by atoms with Crippen molar-refractivity contribution in [1.29, 1.82) is 0 Å². The van der Waals surface area contributed by atoms with Gasteiger partial charge in [-0.1, -0.05) is 12.1 Å². The zero-order valence-electron chi connectivity index (χ0n) is 12.3. The van der Waals surface area contributed by atoms with Crippen molar-refractivity contribution in [2.24, 2.45) is 0 Å². The molecule has 1 aliphatic heterocycles. The molecule has 0 aromatic heterocycles. The lowest BCUT2D eigenvalue weighted by Gasteiger charge is -2.39. The first kappa shape index (κ1) is 17.1. The summed E-state index contributed by atoms with van der Waals surface area (Å²) in [6, 6.07) is 6.93. The van der Waals surface area contributed by atoms with E-state index in [-0.39, 0.29) is 32.5 Å². The molecule has 22 heavy (non-hydrogen) atoms. The van der Waals surface area contributed by atoms with E-state index >= 15 is 0 Å². The summed E-state index contributed by atoms with van der Waals surface area (Å²) in [4.78, 5) is 1.73. The fourth-order valence-electron chi connectivity index (χ4n) is 2.59. The van der Waals surface area contributed by atoms with Crippen molar-refractivity contribution < 1.29 is 28.1 Å². The minimum absolute atomic E-state index is 0.0943. The van der Waals surface area contributed by atoms with Crippen LogP contribution in [0.15, 0.2) is 24.3 Å². The number of ether oxygens (including phenoxy) is 1. The summed E-state index contributed by atoms with van der Waals surface area (Å²) in [5, 5.41) is 19.8. The van der Waals surface area contributed by atoms with Crippen LogP contribution in [0, 0.1) is 0 Å². The van der Waals surface area contributed by atoms with Crippen LogP contribution in [0.1, 0.15) is 24.5 Å². The van der Waals surface area contributed by atoms with Crippen LogP contribution in [0.25, 0.3) is 0 Å². The molecule has 1 aromatic rings. The van der Waals surface area contributed by atoms with E-state index in [4.69, 9.17) is 4.74 Å². The lowest BCUT2D eigenvalue weighted by atomic mass is 9.90. The number of aliphatic hydroxyl groups excluding tert-OH is 1. The Hall–Kier alpha value is -1.31. The maximum atomic E-state index is 12.7. The van der Waals surface area contributed by atoms with E-state index in [0.29, 0.717) is 11.3 Å². The first-order valence-corrected chi connectivity index (χ1v) is 7.09. The maximum absolute atomic E-state index is 12.7. The lowest BCUT2D eigenvalue weighted by Crippen LogP contribution is -2.53. The Morgan fingerprint density at radius 2 is 1.95 bits per heavy atom. The first-order valence-electron chi connectivity index (χ1n) is 7.09. The van der Waals surface area contributed by atoms with Gasteiger partial charge in [0, 0.05) is 19.6 Å². The van der Waals surface area contributed by atoms with Gasteiger partial charge < -0.3 is 19.8 Å². The number of β-amino-alcohol motifs (C(OH)–C–C–N with tert-alkyl or cyclic N) is 1. The summed E-state index contributed by atoms with van der Waals surface area (Å²) in [6.45, 7) is 0.412. The monoisotopic (exact) mass is 319 g/mol. The summed E-state index contributed by atoms with van der Waals surface area (Å²) in [6.07, 6.45) is -6.17. The number of halogens is 3. The average molecular weight is 319 g/mol. The summed E-state index contributed by atoms with van der Waals surface area (Å²) in [5.41, 5.74) is -1.96. The third-order valence-electron chi connectivity index (χ3n) is 4.12. The first-order chi connectivity index (χ1) is 10.2. The summed E-state index contributed by atoms with van der Waals surface area (Å²) in [7, 11) is 1.52. The number of alkyl halides is 3. The molecule has 1 heterocycles. The van der Waals surface area contributed by atoms with Crippen molar-refractivity contribution in [2.45, 2.75) is 30.7 Å². The van der Waals surface area contributed by atoms with E-state index in [2.05, 4.69) is 0 Å². The summed E-state index contributed by atoms with van der Waals surface area (Å²) < 4.78 is 43.3. The third-order valence-corrected chi connectivity index (χ3v) is 4.12. The van der Waals surface area contributed by atoms with Crippen LogP contribution in [0.4, 0.5) is 13.2 Å². The van der Waals surface area contributed by atoms with Crippen LogP contribution < -0.4 is 4.74 Å². The standard InChI is InChI=1S/C15H20F3NO3/c1-22-12-4-2-3-11(9-12)13(20)10-19-7-5-14(21,6-8-19)15(16,17)18/h2-4,9,13,20-21H,5-8,10H2,1H3. The van der Waals surface area contributed by atoms with E-state index in [1.165, 1.54) is 7.11 Å². The number of methoxy groups -OCH3 is 1. The molecule has 1 atom stereocenters. The van der Waals surface area contributed by atoms with Crippen molar-refractivity contribution in [2.75, 3.05) is 26.7 Å². The fraction of sp³-hybridized carbons (Fsp3) is 0.600. The lowest BCUT2D eigenvalue weighted by molar-refractivity contribution is -0.273. The van der Waals surface area contributed by atoms with Gasteiger partial charge in [-0.3, -0.25) is 0 Å². The zero-order valence-corrected chi connectivity index (χ0v) is 12.3. The predicted octanol–water partition coefficient (Wildman–Crippen LogP) is 2.12. The normalized spacial score (nSPS) is 20.6. The molecule has 0 amide bonds. The highest BCUT2D eigenvalue weighted by Crippen LogP contribution is 2.38. The molecule has 7 heteroatoms. The number of nitrogens with zero attached hydrogens (tertiary/aromatic N) is 1. The van der Waals surface area contributed by atoms with Crippen LogP contribution in [0.5, 0.6) is 5.75 Å². The highest BCUT2D eigenvalue weighted by molar-refractivity contribution is 5.29. The number of hydrogen-bond donors (Lipinski definition) is 2. The van der Waals surface area contributed by atoms with E-state index in [9.17, 15) is 23.4 Å². The van der Waals surface area contributed by atoms with Crippen LogP contribution >= 0.6 is 0 Å². The molecule has 1 saturated heterocycles. The number of aliphatic hydroxyl groups is 2. The second-order valence-corrected chi connectivity index (χ2v) is 5.62. The molecule has 1 aliphatic rings. The van der Waals surface area contributed by atoms with E-state index in [1.54, 1.807) is 29.2 Å². The predicted molar refractivity (Wildman–Crippen MR) is 74.6 cm³/mol. The molecule has 0 bridgehead atoms. The number of hydrogen-bond acceptors (Lipinski definition) is 4. The Balaban J connectivity index is 1.93. The molecule has 2 N–H and O–H groups in total. The number of piperidine rings is 1. The van der Waals surface area contributed by atoms with E-state index in [1.807, 2.05) is 0 Å². The van der Waals surface area contributed by atoms with Gasteiger partial charge in [-0.05, 0) is 30.5 Å². The van der Waals surface area contributed by atoms with Gasteiger partial charge in [-0.2, -0.15) is 13.2 Å². The van der Waals surface area contributed by atoms with E-state index < -0.39 is 17.9 Å². The van der Waals surface area contributed by atoms with Crippen LogP contribution in [0.2, 0.25) is 0 Å². The van der Waals surface area contributed by atoms with Crippen molar-refractivity contribution >= 4 is 0 Å². The Morgan fingerprint density at radius 3 is 2.50 bits per heavy atom. The molecule has 0 saturated carbocycles. The van der Waals surface area contributed by atoms with Crippen molar-refractivity contribution in [3.63, 3.8) is 0 Å². The highest BCUT2D eigenvalue weighted by Gasteiger charge is 2.54. The molecule has 1 aromatic carbocycles. The van der Waals surface area contributed by atoms with Gasteiger partial charge in [0.25, 0.3) is 0 Å². The summed E-state index contributed by atoms with van der Waals surface area (Å²) in [5.74, 6) is 0.613. The largest absolute Gasteiger partial charge is 0.497 e. The van der Waals surface area contributed by atoms with Crippen LogP contribution in [-0.4, -0.2) is 53.6 Å². The summed E-state index contributed by atoms with van der Waals surface area (Å²) >= 11 is 0. The molecule has 124 valence electrons. The van der Waals surface area contributed by atoms with Crippen molar-refractivity contribution in [3.05, 3.63) is 29.8 Å². The number of likely N-dealkylation sites (tertiary alicyclic amines) is 1. The topological polar surface area (TPSA) is 52.9 Å². The van der Waals surface area contributed by atoms with Gasteiger partial charge in [0.1, 0.15) is 5.75 Å². The molecule has 0 spiro atoms. The molecule has 0 radical (unpaired) electrons. The van der Waals surface area contributed by atoms with E-state index in [0.717, 1.165) is 0 Å². The van der Waals surface area contributed by atoms with Crippen LogP contribution in [-0.2, 0) is 0 Å². The van der Waals surface area contributed by atoms with Crippen molar-refractivity contribution in [1.82, 2.24) is 4.90 Å². The van der Waals surface area contributed by atoms with Gasteiger partial charge in [0.2, 0.25) is 0 Å². The Morgan fingerprint density at radius 1 is 1.32 bits per heavy atom. The smallest absolute Gasteiger partial charge is 0.417 e. The Labute approximate surface area is 127 Å². The molecular weight excluding hydrogens is 299 g/mol. The van der Waals surface area contributed by atoms with Crippen LogP contribution in [0.3, 0.4) is 0 Å². The Bertz CT molecular complexity index is 499. The second-order valence-electron chi connectivity index (χ2n) is 5.62. The van der Waals surface area contributed by atoms with Gasteiger partial charge in [-0.25, -0.2) is 0 Å². The average Bonchev–Trinajstić information content (AvgIpc) is 2.48. The highest BCUT2D eigenvalue weighted by atomic mass is 19.4. The van der Waals surface area contributed by atoms with Gasteiger partial charge >= 0.3 is 6.18 Å². The Kier molecular flexibility index (Phi) is 4.99. The van der Waals surface area contributed by atoms with Gasteiger partial charge in [0.15, 0.2) is 5.60 Å². The minimum Gasteiger partial charge on any atom is -0.497 e.